The van der Waals surface area contributed by atoms with Crippen LogP contribution >= 0.6 is 0 Å². The number of amides is 1. The van der Waals surface area contributed by atoms with Gasteiger partial charge in [0.1, 0.15) is 11.6 Å². The van der Waals surface area contributed by atoms with E-state index in [-0.39, 0.29) is 16.9 Å². The zero-order valence-corrected chi connectivity index (χ0v) is 19.5. The van der Waals surface area contributed by atoms with Gasteiger partial charge in [-0.25, -0.2) is 8.78 Å². The molecule has 36 heavy (non-hydrogen) atoms. The molecule has 0 bridgehead atoms. The number of carbonyl (C=O) groups is 2. The van der Waals surface area contributed by atoms with Crippen LogP contribution < -0.4 is 16.0 Å². The van der Waals surface area contributed by atoms with Crippen molar-refractivity contribution in [2.45, 2.75) is 0 Å². The van der Waals surface area contributed by atoms with Crippen LogP contribution in [0.2, 0.25) is 0 Å². The number of piperazine rings is 1. The lowest BCUT2D eigenvalue weighted by molar-refractivity contribution is 0.102. The normalized spacial score (nSPS) is 14.2. The second-order valence-electron chi connectivity index (χ2n) is 8.84. The van der Waals surface area contributed by atoms with E-state index >= 15 is 0 Å². The number of halogens is 2. The first-order chi connectivity index (χ1) is 17.3. The Labute approximate surface area is 205 Å². The number of H-pyrrole nitrogens is 1. The molecule has 10 heteroatoms. The van der Waals surface area contributed by atoms with Gasteiger partial charge < -0.3 is 20.9 Å². The second kappa shape index (κ2) is 9.38. The summed E-state index contributed by atoms with van der Waals surface area (Å²) < 4.78 is 27.2. The Hall–Kier alpha value is -4.31. The lowest BCUT2D eigenvalue weighted by Gasteiger charge is -2.34. The third kappa shape index (κ3) is 4.63. The first-order valence-corrected chi connectivity index (χ1v) is 11.4. The number of rotatable bonds is 5. The Bertz CT molecular complexity index is 1460. The molecule has 0 radical (unpaired) electrons. The third-order valence-corrected chi connectivity index (χ3v) is 6.33. The number of aromatic amines is 1. The van der Waals surface area contributed by atoms with E-state index < -0.39 is 23.3 Å². The molecule has 3 aromatic carbocycles. The van der Waals surface area contributed by atoms with Gasteiger partial charge in [0.15, 0.2) is 11.6 Å². The lowest BCUT2D eigenvalue weighted by Crippen LogP contribution is -2.44. The number of hydrogen-bond donors (Lipinski definition) is 3. The van der Waals surface area contributed by atoms with Gasteiger partial charge in [0, 0.05) is 60.1 Å². The van der Waals surface area contributed by atoms with Gasteiger partial charge in [-0.15, -0.1) is 0 Å². The van der Waals surface area contributed by atoms with Crippen molar-refractivity contribution in [2.24, 2.45) is 0 Å². The number of likely N-dealkylation sites (N-methyl/N-ethyl adjacent to an activating group) is 1. The summed E-state index contributed by atoms with van der Waals surface area (Å²) in [6.07, 6.45) is 0. The third-order valence-electron chi connectivity index (χ3n) is 6.33. The average Bonchev–Trinajstić information content (AvgIpc) is 3.25. The molecular formula is C26H24F2N6O2. The summed E-state index contributed by atoms with van der Waals surface area (Å²) in [4.78, 5) is 30.3. The van der Waals surface area contributed by atoms with E-state index in [0.29, 0.717) is 28.2 Å². The first-order valence-electron chi connectivity index (χ1n) is 11.4. The van der Waals surface area contributed by atoms with Crippen LogP contribution in [0.15, 0.2) is 54.6 Å². The average molecular weight is 491 g/mol. The van der Waals surface area contributed by atoms with E-state index in [0.717, 1.165) is 44.0 Å². The number of benzene rings is 3. The van der Waals surface area contributed by atoms with Crippen LogP contribution in [0.5, 0.6) is 0 Å². The Morgan fingerprint density at radius 3 is 2.36 bits per heavy atom. The zero-order chi connectivity index (χ0) is 25.4. The minimum atomic E-state index is -0.841. The van der Waals surface area contributed by atoms with Crippen molar-refractivity contribution in [1.29, 1.82) is 0 Å². The molecule has 1 aliphatic heterocycles. The molecule has 0 aliphatic carbocycles. The summed E-state index contributed by atoms with van der Waals surface area (Å²) in [6.45, 7) is 3.66. The zero-order valence-electron chi connectivity index (χ0n) is 19.5. The van der Waals surface area contributed by atoms with Gasteiger partial charge in [-0.2, -0.15) is 5.10 Å². The second-order valence-corrected chi connectivity index (χ2v) is 8.84. The number of fused-ring (bicyclic) bond motifs is 1. The smallest absolute Gasteiger partial charge is 0.258 e. The van der Waals surface area contributed by atoms with Crippen LogP contribution in [0, 0.1) is 11.6 Å². The molecule has 8 nitrogen and oxygen atoms in total. The molecule has 1 aromatic heterocycles. The predicted molar refractivity (Wildman–Crippen MR) is 134 cm³/mol. The van der Waals surface area contributed by atoms with E-state index in [1.807, 2.05) is 6.07 Å². The SMILES string of the molecule is CN1CCN(c2ccc(C(=O)Nc3n[nH]c4ccc(C(=O)c5cc(F)cc(F)c5)cc34)c(N)c2)CC1. The largest absolute Gasteiger partial charge is 0.398 e. The molecular weight excluding hydrogens is 466 g/mol. The van der Waals surface area contributed by atoms with Crippen molar-refractivity contribution in [3.63, 3.8) is 0 Å². The first kappa shape index (κ1) is 23.4. The standard InChI is InChI=1S/C26H24F2N6O2/c1-33-6-8-34(9-7-33)19-3-4-20(22(29)14-19)26(36)30-25-21-12-15(2-5-23(21)31-32-25)24(35)16-10-17(27)13-18(28)11-16/h2-5,10-14H,6-9,29H2,1H3,(H2,30,31,32,36). The minimum Gasteiger partial charge on any atom is -0.398 e. The van der Waals surface area contributed by atoms with Crippen molar-refractivity contribution in [3.05, 3.63) is 82.9 Å². The monoisotopic (exact) mass is 490 g/mol. The lowest BCUT2D eigenvalue weighted by atomic mass is 10.0. The van der Waals surface area contributed by atoms with Crippen LogP contribution in [-0.4, -0.2) is 60.0 Å². The summed E-state index contributed by atoms with van der Waals surface area (Å²) in [5.74, 6) is -2.48. The minimum absolute atomic E-state index is 0.117. The number of hydrogen-bond acceptors (Lipinski definition) is 6. The van der Waals surface area contributed by atoms with E-state index in [9.17, 15) is 18.4 Å². The maximum Gasteiger partial charge on any atom is 0.258 e. The molecule has 0 spiro atoms. The highest BCUT2D eigenvalue weighted by molar-refractivity contribution is 6.13. The van der Waals surface area contributed by atoms with E-state index in [2.05, 4.69) is 32.4 Å². The van der Waals surface area contributed by atoms with Crippen LogP contribution in [-0.2, 0) is 0 Å². The number of nitrogens with one attached hydrogen (secondary N) is 2. The summed E-state index contributed by atoms with van der Waals surface area (Å²) >= 11 is 0. The van der Waals surface area contributed by atoms with Crippen molar-refractivity contribution in [2.75, 3.05) is 49.2 Å². The molecule has 0 saturated carbocycles. The Kier molecular flexibility index (Phi) is 6.11. The number of nitrogens with zero attached hydrogens (tertiary/aromatic N) is 3. The highest BCUT2D eigenvalue weighted by atomic mass is 19.1. The molecule has 0 atom stereocenters. The van der Waals surface area contributed by atoms with E-state index in [4.69, 9.17) is 5.73 Å². The van der Waals surface area contributed by atoms with Crippen molar-refractivity contribution >= 4 is 39.8 Å². The molecule has 0 unspecified atom stereocenters. The highest BCUT2D eigenvalue weighted by Crippen LogP contribution is 2.27. The van der Waals surface area contributed by atoms with E-state index in [1.54, 1.807) is 18.2 Å². The summed E-state index contributed by atoms with van der Waals surface area (Å²) in [5, 5.41) is 10.2. The molecule has 1 fully saturated rings. The fourth-order valence-corrected chi connectivity index (χ4v) is 4.30. The number of nitrogens with two attached hydrogens (primary N) is 1. The molecule has 4 aromatic rings. The van der Waals surface area contributed by atoms with Crippen LogP contribution in [0.1, 0.15) is 26.3 Å². The van der Waals surface area contributed by atoms with Crippen LogP contribution in [0.4, 0.5) is 26.0 Å². The fraction of sp³-hybridized carbons (Fsp3) is 0.192. The van der Waals surface area contributed by atoms with Gasteiger partial charge in [0.2, 0.25) is 0 Å². The maximum atomic E-state index is 13.6. The quantitative estimate of drug-likeness (QED) is 0.291. The Balaban J connectivity index is 1.37. The Morgan fingerprint density at radius 2 is 1.67 bits per heavy atom. The van der Waals surface area contributed by atoms with Gasteiger partial charge in [0.25, 0.3) is 5.91 Å². The molecule has 4 N–H and O–H groups in total. The topological polar surface area (TPSA) is 107 Å². The molecule has 1 aliphatic rings. The van der Waals surface area contributed by atoms with Gasteiger partial charge >= 0.3 is 0 Å². The molecule has 1 saturated heterocycles. The van der Waals surface area contributed by atoms with Gasteiger partial charge in [0.05, 0.1) is 11.1 Å². The summed E-state index contributed by atoms with van der Waals surface area (Å²) in [6, 6.07) is 12.6. The number of nitrogen functional groups attached to an aromatic ring is 1. The predicted octanol–water partition coefficient (Wildman–Crippen LogP) is 3.66. The molecule has 5 rings (SSSR count). The van der Waals surface area contributed by atoms with Crippen molar-refractivity contribution in [1.82, 2.24) is 15.1 Å². The van der Waals surface area contributed by atoms with Crippen LogP contribution in [0.25, 0.3) is 10.9 Å². The number of aromatic nitrogens is 2. The number of carbonyl (C=O) groups excluding carboxylic acids is 2. The van der Waals surface area contributed by atoms with E-state index in [1.165, 1.54) is 12.1 Å². The van der Waals surface area contributed by atoms with Crippen molar-refractivity contribution in [3.8, 4) is 0 Å². The molecule has 1 amide bonds. The molecule has 2 heterocycles. The summed E-state index contributed by atoms with van der Waals surface area (Å²) in [5.41, 5.74) is 8.47. The maximum absolute atomic E-state index is 13.6. The highest BCUT2D eigenvalue weighted by Gasteiger charge is 2.19. The van der Waals surface area contributed by atoms with Gasteiger partial charge in [-0.1, -0.05) is 0 Å². The van der Waals surface area contributed by atoms with Crippen molar-refractivity contribution < 1.29 is 18.4 Å². The number of anilines is 3. The summed E-state index contributed by atoms with van der Waals surface area (Å²) in [7, 11) is 2.08. The Morgan fingerprint density at radius 1 is 0.944 bits per heavy atom. The molecule has 184 valence electrons. The number of ketones is 1. The fourth-order valence-electron chi connectivity index (χ4n) is 4.30. The van der Waals surface area contributed by atoms with Gasteiger partial charge in [-0.05, 0) is 55.6 Å². The van der Waals surface area contributed by atoms with Crippen LogP contribution in [0.3, 0.4) is 0 Å². The van der Waals surface area contributed by atoms with Gasteiger partial charge in [-0.3, -0.25) is 14.7 Å².